The third-order valence-electron chi connectivity index (χ3n) is 3.41. The van der Waals surface area contributed by atoms with Crippen LogP contribution in [0.25, 0.3) is 0 Å². The van der Waals surface area contributed by atoms with E-state index in [1.165, 1.54) is 4.90 Å². The summed E-state index contributed by atoms with van der Waals surface area (Å²) in [4.78, 5) is 17.9. The van der Waals surface area contributed by atoms with Crippen LogP contribution in [0.1, 0.15) is 27.2 Å². The first kappa shape index (κ1) is 20.1. The van der Waals surface area contributed by atoms with Crippen LogP contribution in [0, 0.1) is 3.57 Å². The minimum absolute atomic E-state index is 0.222. The second-order valence-electron chi connectivity index (χ2n) is 6.67. The molecule has 1 fully saturated rings. The summed E-state index contributed by atoms with van der Waals surface area (Å²) < 4.78 is 41.2. The lowest BCUT2D eigenvalue weighted by atomic mass is 10.2. The van der Waals surface area contributed by atoms with E-state index in [2.05, 4.69) is 32.3 Å². The van der Waals surface area contributed by atoms with Crippen molar-refractivity contribution >= 4 is 28.7 Å². The third-order valence-corrected chi connectivity index (χ3v) is 4.04. The Hall–Kier alpha value is -1.23. The van der Waals surface area contributed by atoms with Gasteiger partial charge in [0.15, 0.2) is 0 Å². The summed E-state index contributed by atoms with van der Waals surface area (Å²) in [6.45, 7) is 2.29. The predicted octanol–water partition coefficient (Wildman–Crippen LogP) is 3.68. The zero-order valence-corrected chi connectivity index (χ0v) is 16.4. The average molecular weight is 470 g/mol. The van der Waals surface area contributed by atoms with Crippen LogP contribution in [0.5, 0.6) is 5.88 Å². The van der Waals surface area contributed by atoms with E-state index < -0.39 is 24.3 Å². The minimum Gasteiger partial charge on any atom is -0.472 e. The predicted molar refractivity (Wildman–Crippen MR) is 94.7 cm³/mol. The molecule has 0 bridgehead atoms. The molecule has 140 valence electrons. The van der Waals surface area contributed by atoms with Gasteiger partial charge >= 0.3 is 12.7 Å². The van der Waals surface area contributed by atoms with Gasteiger partial charge in [-0.05, 0) is 49.4 Å². The van der Waals surface area contributed by atoms with Gasteiger partial charge in [-0.2, -0.15) is 8.78 Å². The Morgan fingerprint density at radius 3 is 2.72 bits per heavy atom. The van der Waals surface area contributed by atoms with Crippen LogP contribution in [0.4, 0.5) is 13.6 Å². The van der Waals surface area contributed by atoms with Crippen LogP contribution < -0.4 is 4.74 Å². The average Bonchev–Trinajstić information content (AvgIpc) is 2.89. The zero-order chi connectivity index (χ0) is 18.6. The molecular weight excluding hydrogens is 449 g/mol. The van der Waals surface area contributed by atoms with Gasteiger partial charge in [-0.15, -0.1) is 0 Å². The van der Waals surface area contributed by atoms with E-state index in [9.17, 15) is 13.6 Å². The van der Waals surface area contributed by atoms with E-state index in [1.54, 1.807) is 33.0 Å². The smallest absolute Gasteiger partial charge is 0.410 e. The number of pyridine rings is 1. The molecule has 0 N–H and O–H groups in total. The highest BCUT2D eigenvalue weighted by Gasteiger charge is 2.39. The number of likely N-dealkylation sites (tertiary alicyclic amines) is 1. The van der Waals surface area contributed by atoms with Crippen molar-refractivity contribution < 1.29 is 27.8 Å². The highest BCUT2D eigenvalue weighted by molar-refractivity contribution is 14.1. The molecule has 0 spiro atoms. The number of alkyl halides is 2. The number of halogens is 3. The molecular formula is C16H21F2IN2O4. The first-order valence-electron chi connectivity index (χ1n) is 7.81. The van der Waals surface area contributed by atoms with Crippen molar-refractivity contribution in [3.8, 4) is 5.88 Å². The molecule has 0 aromatic carbocycles. The van der Waals surface area contributed by atoms with Gasteiger partial charge in [-0.25, -0.2) is 9.78 Å². The molecule has 25 heavy (non-hydrogen) atoms. The van der Waals surface area contributed by atoms with Crippen molar-refractivity contribution in [1.29, 1.82) is 0 Å². The zero-order valence-electron chi connectivity index (χ0n) is 14.2. The molecule has 1 aromatic heterocycles. The van der Waals surface area contributed by atoms with Gasteiger partial charge in [-0.1, -0.05) is 0 Å². The molecule has 0 aliphatic carbocycles. The number of amides is 1. The number of hydrogen-bond donors (Lipinski definition) is 0. The van der Waals surface area contributed by atoms with Crippen LogP contribution in [0.15, 0.2) is 18.3 Å². The lowest BCUT2D eigenvalue weighted by molar-refractivity contribution is -0.138. The summed E-state index contributed by atoms with van der Waals surface area (Å²) in [5, 5.41) is 0. The Balaban J connectivity index is 2.04. The van der Waals surface area contributed by atoms with E-state index in [0.29, 0.717) is 12.3 Å². The Morgan fingerprint density at radius 1 is 1.44 bits per heavy atom. The van der Waals surface area contributed by atoms with Crippen molar-refractivity contribution in [2.45, 2.75) is 51.6 Å². The Morgan fingerprint density at radius 2 is 2.16 bits per heavy atom. The van der Waals surface area contributed by atoms with Gasteiger partial charge < -0.3 is 14.2 Å². The first-order valence-corrected chi connectivity index (χ1v) is 8.89. The topological polar surface area (TPSA) is 60.9 Å². The lowest BCUT2D eigenvalue weighted by Gasteiger charge is -2.28. The second kappa shape index (κ2) is 8.43. The van der Waals surface area contributed by atoms with E-state index in [4.69, 9.17) is 9.47 Å². The quantitative estimate of drug-likeness (QED) is 0.615. The van der Waals surface area contributed by atoms with Crippen LogP contribution in [0.3, 0.4) is 0 Å². The van der Waals surface area contributed by atoms with Gasteiger partial charge in [0, 0.05) is 22.3 Å². The number of nitrogens with zero attached hydrogens (tertiary/aromatic N) is 2. The molecule has 1 aromatic rings. The minimum atomic E-state index is -2.89. The van der Waals surface area contributed by atoms with E-state index >= 15 is 0 Å². The molecule has 1 saturated heterocycles. The highest BCUT2D eigenvalue weighted by Crippen LogP contribution is 2.25. The summed E-state index contributed by atoms with van der Waals surface area (Å²) in [6, 6.07) is 3.03. The SMILES string of the molecule is CC(C)(C)OC(=O)N1C[C@@H](Oc2ccc(I)cn2)C[C@H]1COC(F)F. The molecule has 9 heteroatoms. The second-order valence-corrected chi connectivity index (χ2v) is 7.92. The van der Waals surface area contributed by atoms with Crippen molar-refractivity contribution in [2.75, 3.05) is 13.2 Å². The highest BCUT2D eigenvalue weighted by atomic mass is 127. The van der Waals surface area contributed by atoms with Gasteiger partial charge in [0.2, 0.25) is 5.88 Å². The van der Waals surface area contributed by atoms with Gasteiger partial charge in [0.25, 0.3) is 0 Å². The normalized spacial score (nSPS) is 20.8. The van der Waals surface area contributed by atoms with Crippen molar-refractivity contribution in [3.05, 3.63) is 21.9 Å². The standard InChI is InChI=1S/C16H21F2IN2O4/c1-16(2,3)25-15(22)21-8-12(6-11(21)9-23-14(17)18)24-13-5-4-10(19)7-20-13/h4-5,7,11-12,14H,6,8-9H2,1-3H3/t11-,12-/m0/s1. The first-order chi connectivity index (χ1) is 11.6. The molecule has 0 saturated carbocycles. The molecule has 1 aliphatic rings. The van der Waals surface area contributed by atoms with Crippen LogP contribution in [0.2, 0.25) is 0 Å². The monoisotopic (exact) mass is 470 g/mol. The summed E-state index contributed by atoms with van der Waals surface area (Å²) >= 11 is 2.13. The summed E-state index contributed by atoms with van der Waals surface area (Å²) in [5.74, 6) is 0.421. The number of hydrogen-bond acceptors (Lipinski definition) is 5. The summed E-state index contributed by atoms with van der Waals surface area (Å²) in [5.41, 5.74) is -0.679. The fraction of sp³-hybridized carbons (Fsp3) is 0.625. The Kier molecular flexibility index (Phi) is 6.78. The number of rotatable bonds is 5. The maximum absolute atomic E-state index is 12.4. The maximum atomic E-state index is 12.4. The summed E-state index contributed by atoms with van der Waals surface area (Å²) in [7, 11) is 0. The molecule has 0 radical (unpaired) electrons. The lowest BCUT2D eigenvalue weighted by Crippen LogP contribution is -2.42. The third kappa shape index (κ3) is 6.53. The van der Waals surface area contributed by atoms with E-state index in [0.717, 1.165) is 3.57 Å². The van der Waals surface area contributed by atoms with E-state index in [-0.39, 0.29) is 19.3 Å². The Labute approximate surface area is 159 Å². The van der Waals surface area contributed by atoms with Gasteiger partial charge in [-0.3, -0.25) is 4.90 Å². The molecule has 1 amide bonds. The fourth-order valence-corrected chi connectivity index (χ4v) is 2.77. The molecule has 0 unspecified atom stereocenters. The van der Waals surface area contributed by atoms with Crippen molar-refractivity contribution in [2.24, 2.45) is 0 Å². The fourth-order valence-electron chi connectivity index (χ4n) is 2.45. The maximum Gasteiger partial charge on any atom is 0.410 e. The van der Waals surface area contributed by atoms with Gasteiger partial charge in [0.05, 0.1) is 19.2 Å². The van der Waals surface area contributed by atoms with Gasteiger partial charge in [0.1, 0.15) is 11.7 Å². The Bertz CT molecular complexity index is 580. The van der Waals surface area contributed by atoms with Crippen molar-refractivity contribution in [1.82, 2.24) is 9.88 Å². The number of aromatic nitrogens is 1. The number of carbonyl (C=O) groups excluding carboxylic acids is 1. The molecule has 1 aliphatic heterocycles. The van der Waals surface area contributed by atoms with Crippen molar-refractivity contribution in [3.63, 3.8) is 0 Å². The van der Waals surface area contributed by atoms with Crippen LogP contribution >= 0.6 is 22.6 Å². The molecule has 2 atom stereocenters. The van der Waals surface area contributed by atoms with Crippen LogP contribution in [-0.4, -0.2) is 53.5 Å². The van der Waals surface area contributed by atoms with E-state index in [1.807, 2.05) is 6.07 Å². The molecule has 2 heterocycles. The largest absolute Gasteiger partial charge is 0.472 e. The summed E-state index contributed by atoms with van der Waals surface area (Å²) in [6.07, 6.45) is 1.08. The molecule has 6 nitrogen and oxygen atoms in total. The molecule has 2 rings (SSSR count). The number of carbonyl (C=O) groups is 1. The number of ether oxygens (including phenoxy) is 3. The van der Waals surface area contributed by atoms with Crippen LogP contribution in [-0.2, 0) is 9.47 Å².